The van der Waals surface area contributed by atoms with E-state index >= 15 is 0 Å². The van der Waals surface area contributed by atoms with Gasteiger partial charge in [0.2, 0.25) is 0 Å². The summed E-state index contributed by atoms with van der Waals surface area (Å²) in [4.78, 5) is 3.50. The third-order valence-corrected chi connectivity index (χ3v) is 3.64. The third kappa shape index (κ3) is 5.08. The Bertz CT molecular complexity index is 670. The number of aliphatic imine (C=N–C) groups is 1. The SMILES string of the molecule is Br.CN=C([O-])Oc1ccc(C)c([N+](C)(C)Cc2ccccc2)c1. The summed E-state index contributed by atoms with van der Waals surface area (Å²) in [5.41, 5.74) is 3.54. The molecule has 23 heavy (non-hydrogen) atoms. The maximum Gasteiger partial charge on any atom is 0.149 e. The molecule has 0 fully saturated rings. The molecule has 0 N–H and O–H groups in total. The first-order valence-corrected chi connectivity index (χ1v) is 7.22. The number of benzene rings is 2. The Labute approximate surface area is 148 Å². The summed E-state index contributed by atoms with van der Waals surface area (Å²) in [5.74, 6) is 0.524. The van der Waals surface area contributed by atoms with Crippen molar-refractivity contribution in [1.82, 2.24) is 4.48 Å². The Kier molecular flexibility index (Phi) is 6.79. The van der Waals surface area contributed by atoms with Crippen molar-refractivity contribution in [2.45, 2.75) is 13.5 Å². The highest BCUT2D eigenvalue weighted by atomic mass is 79.9. The largest absolute Gasteiger partial charge is 0.566 e. The number of aryl methyl sites for hydroxylation is 1. The maximum absolute atomic E-state index is 11.3. The molecule has 0 saturated carbocycles. The molecule has 4 nitrogen and oxygen atoms in total. The van der Waals surface area contributed by atoms with Crippen LogP contribution in [0.25, 0.3) is 0 Å². The molecule has 0 radical (unpaired) electrons. The standard InChI is InChI=1S/C18H22N2O2.BrH/c1-14-10-11-16(22-18(21)19-2)12-17(14)20(3,4)13-15-8-6-5-7-9-15;/h5-12H,13H2,1-4H3;1H. The average Bonchev–Trinajstić information content (AvgIpc) is 2.49. The summed E-state index contributed by atoms with van der Waals surface area (Å²) in [7, 11) is 5.71. The van der Waals surface area contributed by atoms with Gasteiger partial charge in [-0.1, -0.05) is 36.4 Å². The lowest BCUT2D eigenvalue weighted by Gasteiger charge is -2.31. The van der Waals surface area contributed by atoms with Gasteiger partial charge in [0.1, 0.15) is 18.3 Å². The fraction of sp³-hybridized carbons (Fsp3) is 0.278. The van der Waals surface area contributed by atoms with E-state index in [4.69, 9.17) is 4.74 Å². The number of quaternary nitrogens is 1. The molecule has 5 heteroatoms. The second kappa shape index (κ2) is 8.13. The van der Waals surface area contributed by atoms with Gasteiger partial charge in [0.15, 0.2) is 0 Å². The lowest BCUT2D eigenvalue weighted by atomic mass is 10.1. The van der Waals surface area contributed by atoms with E-state index in [1.54, 1.807) is 6.07 Å². The van der Waals surface area contributed by atoms with Crippen LogP contribution in [0.4, 0.5) is 5.69 Å². The van der Waals surface area contributed by atoms with Gasteiger partial charge in [0.05, 0.1) is 14.1 Å². The normalized spacial score (nSPS) is 11.7. The Morgan fingerprint density at radius 1 is 1.13 bits per heavy atom. The van der Waals surface area contributed by atoms with E-state index < -0.39 is 6.08 Å². The van der Waals surface area contributed by atoms with Crippen LogP contribution in [0.2, 0.25) is 0 Å². The van der Waals surface area contributed by atoms with Gasteiger partial charge in [0.25, 0.3) is 0 Å². The molecule has 0 atom stereocenters. The van der Waals surface area contributed by atoms with Crippen molar-refractivity contribution in [1.29, 1.82) is 0 Å². The van der Waals surface area contributed by atoms with Crippen molar-refractivity contribution in [3.63, 3.8) is 0 Å². The van der Waals surface area contributed by atoms with Gasteiger partial charge in [-0.3, -0.25) is 9.48 Å². The number of halogens is 1. The molecule has 0 aliphatic rings. The first kappa shape index (κ1) is 19.2. The van der Waals surface area contributed by atoms with Crippen molar-refractivity contribution in [2.75, 3.05) is 21.1 Å². The molecular formula is C18H23BrN2O2. The molecule has 0 bridgehead atoms. The van der Waals surface area contributed by atoms with Crippen molar-refractivity contribution >= 4 is 28.8 Å². The molecular weight excluding hydrogens is 356 g/mol. The van der Waals surface area contributed by atoms with Gasteiger partial charge in [0, 0.05) is 30.0 Å². The molecule has 2 aromatic rings. The lowest BCUT2D eigenvalue weighted by Crippen LogP contribution is -2.40. The Morgan fingerprint density at radius 2 is 1.78 bits per heavy atom. The maximum atomic E-state index is 11.3. The minimum absolute atomic E-state index is 0. The number of nitrogens with zero attached hydrogens (tertiary/aromatic N) is 2. The van der Waals surface area contributed by atoms with Crippen molar-refractivity contribution in [3.8, 4) is 5.75 Å². The van der Waals surface area contributed by atoms with E-state index in [0.717, 1.165) is 17.8 Å². The molecule has 2 rings (SSSR count). The van der Waals surface area contributed by atoms with Crippen LogP contribution >= 0.6 is 17.0 Å². The molecule has 2 aromatic carbocycles. The van der Waals surface area contributed by atoms with E-state index in [1.165, 1.54) is 12.6 Å². The molecule has 0 saturated heterocycles. The van der Waals surface area contributed by atoms with Crippen LogP contribution in [0, 0.1) is 6.92 Å². The van der Waals surface area contributed by atoms with Crippen LogP contribution in [0.3, 0.4) is 0 Å². The minimum atomic E-state index is -0.580. The first-order chi connectivity index (χ1) is 10.4. The molecule has 0 heterocycles. The summed E-state index contributed by atoms with van der Waals surface area (Å²) in [5, 5.41) is 11.3. The van der Waals surface area contributed by atoms with Gasteiger partial charge < -0.3 is 9.84 Å². The summed E-state index contributed by atoms with van der Waals surface area (Å²) in [6, 6.07) is 16.0. The van der Waals surface area contributed by atoms with Crippen LogP contribution in [0.1, 0.15) is 11.1 Å². The highest BCUT2D eigenvalue weighted by Gasteiger charge is 2.22. The van der Waals surface area contributed by atoms with Gasteiger partial charge in [-0.15, -0.1) is 17.0 Å². The quantitative estimate of drug-likeness (QED) is 0.466. The molecule has 0 aliphatic heterocycles. The lowest BCUT2D eigenvalue weighted by molar-refractivity contribution is -0.240. The molecule has 124 valence electrons. The van der Waals surface area contributed by atoms with Crippen LogP contribution in [-0.4, -0.2) is 27.2 Å². The summed E-state index contributed by atoms with van der Waals surface area (Å²) in [6.45, 7) is 2.92. The zero-order valence-electron chi connectivity index (χ0n) is 13.9. The molecule has 0 aliphatic carbocycles. The molecule has 0 spiro atoms. The highest BCUT2D eigenvalue weighted by molar-refractivity contribution is 8.93. The second-order valence-corrected chi connectivity index (χ2v) is 5.87. The van der Waals surface area contributed by atoms with Crippen molar-refractivity contribution in [2.24, 2.45) is 4.99 Å². The fourth-order valence-electron chi connectivity index (χ4n) is 2.58. The monoisotopic (exact) mass is 378 g/mol. The molecule has 0 aromatic heterocycles. The van der Waals surface area contributed by atoms with E-state index in [9.17, 15) is 5.11 Å². The highest BCUT2D eigenvalue weighted by Crippen LogP contribution is 2.30. The zero-order chi connectivity index (χ0) is 16.2. The minimum Gasteiger partial charge on any atom is -0.566 e. The number of rotatable bonds is 4. The summed E-state index contributed by atoms with van der Waals surface area (Å²) >= 11 is 0. The third-order valence-electron chi connectivity index (χ3n) is 3.64. The van der Waals surface area contributed by atoms with Crippen molar-refractivity contribution in [3.05, 3.63) is 59.7 Å². The summed E-state index contributed by atoms with van der Waals surface area (Å²) in [6.07, 6.45) is -0.580. The second-order valence-electron chi connectivity index (χ2n) is 5.87. The van der Waals surface area contributed by atoms with Crippen LogP contribution in [0.5, 0.6) is 5.75 Å². The van der Waals surface area contributed by atoms with E-state index in [2.05, 4.69) is 38.1 Å². The van der Waals surface area contributed by atoms with Crippen LogP contribution in [0.15, 0.2) is 53.5 Å². The van der Waals surface area contributed by atoms with E-state index in [1.807, 2.05) is 30.3 Å². The van der Waals surface area contributed by atoms with Gasteiger partial charge >= 0.3 is 0 Å². The Hall–Kier alpha value is -1.85. The van der Waals surface area contributed by atoms with Crippen LogP contribution < -0.4 is 14.3 Å². The molecule has 0 unspecified atom stereocenters. The van der Waals surface area contributed by atoms with Gasteiger partial charge in [-0.05, 0) is 13.0 Å². The number of hydrogen-bond acceptors (Lipinski definition) is 3. The van der Waals surface area contributed by atoms with Gasteiger partial charge in [-0.25, -0.2) is 0 Å². The Balaban J connectivity index is 0.00000264. The predicted octanol–water partition coefficient (Wildman–Crippen LogP) is 3.06. The first-order valence-electron chi connectivity index (χ1n) is 7.22. The van der Waals surface area contributed by atoms with Gasteiger partial charge in [-0.2, -0.15) is 0 Å². The van der Waals surface area contributed by atoms with Crippen molar-refractivity contribution < 1.29 is 9.84 Å². The molecule has 0 amide bonds. The summed E-state index contributed by atoms with van der Waals surface area (Å²) < 4.78 is 5.86. The number of hydrogen-bond donors (Lipinski definition) is 0. The fourth-order valence-corrected chi connectivity index (χ4v) is 2.58. The van der Waals surface area contributed by atoms with E-state index in [0.29, 0.717) is 10.2 Å². The number of ether oxygens (including phenoxy) is 1. The van der Waals surface area contributed by atoms with Crippen LogP contribution in [-0.2, 0) is 6.54 Å². The average molecular weight is 379 g/mol. The van der Waals surface area contributed by atoms with E-state index in [-0.39, 0.29) is 17.0 Å². The predicted molar refractivity (Wildman–Crippen MR) is 99.3 cm³/mol. The smallest absolute Gasteiger partial charge is 0.149 e. The topological polar surface area (TPSA) is 44.7 Å². The Morgan fingerprint density at radius 3 is 2.39 bits per heavy atom. The zero-order valence-corrected chi connectivity index (χ0v) is 15.7.